The minimum absolute atomic E-state index is 0.353. The van der Waals surface area contributed by atoms with Crippen LogP contribution in [-0.4, -0.2) is 21.6 Å². The summed E-state index contributed by atoms with van der Waals surface area (Å²) in [5, 5.41) is 3.21. The lowest BCUT2D eigenvalue weighted by Gasteiger charge is -2.08. The fourth-order valence-corrected chi connectivity index (χ4v) is 2.24. The van der Waals surface area contributed by atoms with Gasteiger partial charge >= 0.3 is 5.76 Å². The molecule has 1 N–H and O–H groups in total. The Bertz CT molecular complexity index is 882. The second-order valence-corrected chi connectivity index (χ2v) is 4.98. The number of aromatic nitrogens is 3. The molecular formula is C15H16N4O3. The molecule has 0 atom stereocenters. The molecular weight excluding hydrogens is 284 g/mol. The van der Waals surface area contributed by atoms with Crippen LogP contribution in [0.25, 0.3) is 11.1 Å². The molecule has 1 aromatic carbocycles. The van der Waals surface area contributed by atoms with Gasteiger partial charge in [-0.15, -0.1) is 0 Å². The van der Waals surface area contributed by atoms with E-state index in [2.05, 4.69) is 15.3 Å². The highest BCUT2D eigenvalue weighted by Gasteiger charge is 2.08. The first-order valence-electron chi connectivity index (χ1n) is 6.77. The first-order valence-corrected chi connectivity index (χ1v) is 6.77. The molecule has 0 aliphatic carbocycles. The summed E-state index contributed by atoms with van der Waals surface area (Å²) in [6.45, 7) is 2.25. The number of hydrogen-bond donors (Lipinski definition) is 1. The molecule has 0 saturated carbocycles. The van der Waals surface area contributed by atoms with Gasteiger partial charge in [-0.2, -0.15) is 0 Å². The van der Waals surface area contributed by atoms with Crippen LogP contribution in [-0.2, 0) is 18.4 Å². The van der Waals surface area contributed by atoms with E-state index in [1.165, 1.54) is 4.57 Å². The van der Waals surface area contributed by atoms with Gasteiger partial charge in [0.2, 0.25) is 0 Å². The standard InChI is InChI=1S/C15H16N4O3/c1-9-6-13(18-14(16-9)8-21-3)17-10-4-5-12-11(7-10)19(2)15(20)22-12/h4-7H,8H2,1-3H3,(H,16,17,18). The van der Waals surface area contributed by atoms with Crippen LogP contribution in [0.5, 0.6) is 0 Å². The molecule has 0 fully saturated rings. The highest BCUT2D eigenvalue weighted by molar-refractivity contribution is 5.78. The predicted molar refractivity (Wildman–Crippen MR) is 82.2 cm³/mol. The van der Waals surface area contributed by atoms with Crippen LogP contribution in [0.3, 0.4) is 0 Å². The number of aryl methyl sites for hydroxylation is 2. The molecule has 22 heavy (non-hydrogen) atoms. The Balaban J connectivity index is 1.95. The van der Waals surface area contributed by atoms with Crippen molar-refractivity contribution in [2.24, 2.45) is 7.05 Å². The molecule has 7 heteroatoms. The Morgan fingerprint density at radius 1 is 1.32 bits per heavy atom. The second kappa shape index (κ2) is 5.61. The lowest BCUT2D eigenvalue weighted by Crippen LogP contribution is -2.08. The maximum absolute atomic E-state index is 11.5. The Morgan fingerprint density at radius 2 is 2.14 bits per heavy atom. The summed E-state index contributed by atoms with van der Waals surface area (Å²) in [4.78, 5) is 20.2. The lowest BCUT2D eigenvalue weighted by molar-refractivity contribution is 0.177. The van der Waals surface area contributed by atoms with Gasteiger partial charge < -0.3 is 14.5 Å². The molecule has 2 heterocycles. The smallest absolute Gasteiger partial charge is 0.408 e. The van der Waals surface area contributed by atoms with Gasteiger partial charge in [-0.3, -0.25) is 4.57 Å². The number of fused-ring (bicyclic) bond motifs is 1. The molecule has 2 aromatic heterocycles. The van der Waals surface area contributed by atoms with E-state index in [0.717, 1.165) is 16.9 Å². The van der Waals surface area contributed by atoms with Crippen LogP contribution in [0.15, 0.2) is 33.5 Å². The van der Waals surface area contributed by atoms with Crippen molar-refractivity contribution in [1.82, 2.24) is 14.5 Å². The molecule has 114 valence electrons. The van der Waals surface area contributed by atoms with E-state index in [4.69, 9.17) is 9.15 Å². The summed E-state index contributed by atoms with van der Waals surface area (Å²) in [6, 6.07) is 7.27. The summed E-state index contributed by atoms with van der Waals surface area (Å²) < 4.78 is 11.6. The largest absolute Gasteiger partial charge is 0.419 e. The number of benzene rings is 1. The van der Waals surface area contributed by atoms with Gasteiger partial charge in [-0.25, -0.2) is 14.8 Å². The Labute approximate surface area is 126 Å². The van der Waals surface area contributed by atoms with E-state index in [-0.39, 0.29) is 5.76 Å². The number of rotatable bonds is 4. The highest BCUT2D eigenvalue weighted by atomic mass is 16.5. The fourth-order valence-electron chi connectivity index (χ4n) is 2.24. The zero-order chi connectivity index (χ0) is 15.7. The average molecular weight is 300 g/mol. The van der Waals surface area contributed by atoms with E-state index in [1.54, 1.807) is 20.2 Å². The number of nitrogens with zero attached hydrogens (tertiary/aromatic N) is 3. The van der Waals surface area contributed by atoms with Crippen LogP contribution in [0.2, 0.25) is 0 Å². The van der Waals surface area contributed by atoms with Crippen LogP contribution in [0.4, 0.5) is 11.5 Å². The van der Waals surface area contributed by atoms with Crippen molar-refractivity contribution in [3.05, 3.63) is 46.3 Å². The molecule has 7 nitrogen and oxygen atoms in total. The Kier molecular flexibility index (Phi) is 3.64. The maximum atomic E-state index is 11.5. The number of hydrogen-bond acceptors (Lipinski definition) is 6. The van der Waals surface area contributed by atoms with Gasteiger partial charge in [-0.05, 0) is 25.1 Å². The number of ether oxygens (including phenoxy) is 1. The van der Waals surface area contributed by atoms with Crippen molar-refractivity contribution >= 4 is 22.6 Å². The van der Waals surface area contributed by atoms with Gasteiger partial charge in [-0.1, -0.05) is 0 Å². The van der Waals surface area contributed by atoms with Crippen molar-refractivity contribution in [2.75, 3.05) is 12.4 Å². The molecule has 0 unspecified atom stereocenters. The summed E-state index contributed by atoms with van der Waals surface area (Å²) in [5.74, 6) is 0.904. The summed E-state index contributed by atoms with van der Waals surface area (Å²) in [7, 11) is 3.27. The van der Waals surface area contributed by atoms with Gasteiger partial charge in [0.25, 0.3) is 0 Å². The van der Waals surface area contributed by atoms with Gasteiger partial charge in [0, 0.05) is 31.6 Å². The molecule has 0 aliphatic rings. The number of methoxy groups -OCH3 is 1. The van der Waals surface area contributed by atoms with Crippen molar-refractivity contribution < 1.29 is 9.15 Å². The van der Waals surface area contributed by atoms with E-state index < -0.39 is 0 Å². The lowest BCUT2D eigenvalue weighted by atomic mass is 10.2. The molecule has 3 rings (SSSR count). The van der Waals surface area contributed by atoms with E-state index in [0.29, 0.717) is 23.8 Å². The summed E-state index contributed by atoms with van der Waals surface area (Å²) in [6.07, 6.45) is 0. The second-order valence-electron chi connectivity index (χ2n) is 4.98. The molecule has 0 bridgehead atoms. The molecule has 0 saturated heterocycles. The van der Waals surface area contributed by atoms with Crippen LogP contribution >= 0.6 is 0 Å². The van der Waals surface area contributed by atoms with Gasteiger partial charge in [0.05, 0.1) is 5.52 Å². The normalized spacial score (nSPS) is 11.0. The topological polar surface area (TPSA) is 82.2 Å². The zero-order valence-electron chi connectivity index (χ0n) is 12.6. The fraction of sp³-hybridized carbons (Fsp3) is 0.267. The van der Waals surface area contributed by atoms with Gasteiger partial charge in [0.15, 0.2) is 11.4 Å². The third-order valence-electron chi connectivity index (χ3n) is 3.24. The Morgan fingerprint density at radius 3 is 2.91 bits per heavy atom. The summed E-state index contributed by atoms with van der Waals surface area (Å²) in [5.41, 5.74) is 2.93. The van der Waals surface area contributed by atoms with Crippen molar-refractivity contribution in [1.29, 1.82) is 0 Å². The van der Waals surface area contributed by atoms with E-state index in [9.17, 15) is 4.79 Å². The molecule has 0 radical (unpaired) electrons. The summed E-state index contributed by atoms with van der Waals surface area (Å²) >= 11 is 0. The molecule has 0 aliphatic heterocycles. The zero-order valence-corrected chi connectivity index (χ0v) is 12.6. The molecule has 0 amide bonds. The number of nitrogens with one attached hydrogen (secondary N) is 1. The SMILES string of the molecule is COCc1nc(C)cc(Nc2ccc3oc(=O)n(C)c3c2)n1. The van der Waals surface area contributed by atoms with Crippen LogP contribution < -0.4 is 11.1 Å². The van der Waals surface area contributed by atoms with Crippen molar-refractivity contribution in [2.45, 2.75) is 13.5 Å². The van der Waals surface area contributed by atoms with Gasteiger partial charge in [0.1, 0.15) is 12.4 Å². The highest BCUT2D eigenvalue weighted by Crippen LogP contribution is 2.21. The number of oxazole rings is 1. The minimum Gasteiger partial charge on any atom is -0.408 e. The van der Waals surface area contributed by atoms with Crippen molar-refractivity contribution in [3.63, 3.8) is 0 Å². The predicted octanol–water partition coefficient (Wildman–Crippen LogP) is 2.12. The quantitative estimate of drug-likeness (QED) is 0.794. The first-order chi connectivity index (χ1) is 10.6. The first kappa shape index (κ1) is 14.3. The number of anilines is 2. The minimum atomic E-state index is -0.382. The average Bonchev–Trinajstić information content (AvgIpc) is 2.74. The van der Waals surface area contributed by atoms with E-state index in [1.807, 2.05) is 25.1 Å². The third kappa shape index (κ3) is 2.71. The van der Waals surface area contributed by atoms with Crippen LogP contribution in [0.1, 0.15) is 11.5 Å². The van der Waals surface area contributed by atoms with E-state index >= 15 is 0 Å². The molecule has 0 spiro atoms. The van der Waals surface area contributed by atoms with Crippen molar-refractivity contribution in [3.8, 4) is 0 Å². The Hall–Kier alpha value is -2.67. The molecule has 3 aromatic rings. The van der Waals surface area contributed by atoms with Crippen LogP contribution in [0, 0.1) is 6.92 Å². The monoisotopic (exact) mass is 300 g/mol. The maximum Gasteiger partial charge on any atom is 0.419 e. The third-order valence-corrected chi connectivity index (χ3v) is 3.24.